The Morgan fingerprint density at radius 3 is 2.37 bits per heavy atom. The summed E-state index contributed by atoms with van der Waals surface area (Å²) in [5.74, 6) is -0.510. The van der Waals surface area contributed by atoms with Crippen LogP contribution in [0.15, 0.2) is 54.6 Å². The van der Waals surface area contributed by atoms with E-state index in [0.29, 0.717) is 5.56 Å². The van der Waals surface area contributed by atoms with E-state index in [4.69, 9.17) is 4.74 Å². The number of ether oxygens (including phenoxy) is 1. The van der Waals surface area contributed by atoms with Crippen molar-refractivity contribution in [3.05, 3.63) is 65.7 Å². The third kappa shape index (κ3) is 6.20. The highest BCUT2D eigenvalue weighted by Gasteiger charge is 2.10. The van der Waals surface area contributed by atoms with Gasteiger partial charge in [-0.2, -0.15) is 0 Å². The number of carbonyl (C=O) groups excluding carboxylic acids is 2. The highest BCUT2D eigenvalue weighted by atomic mass is 16.5. The van der Waals surface area contributed by atoms with Crippen molar-refractivity contribution >= 4 is 17.5 Å². The molecule has 2 amide bonds. The highest BCUT2D eigenvalue weighted by molar-refractivity contribution is 5.99. The second-order valence-corrected chi connectivity index (χ2v) is 6.50. The van der Waals surface area contributed by atoms with Gasteiger partial charge in [0.05, 0.1) is 19.8 Å². The van der Waals surface area contributed by atoms with Crippen LogP contribution in [0.3, 0.4) is 0 Å². The van der Waals surface area contributed by atoms with Crippen LogP contribution in [0.2, 0.25) is 0 Å². The van der Waals surface area contributed by atoms with Crippen molar-refractivity contribution < 1.29 is 14.3 Å². The minimum Gasteiger partial charge on any atom is -0.379 e. The number of hydrogen-bond donors (Lipinski definition) is 2. The van der Waals surface area contributed by atoms with Gasteiger partial charge in [0.1, 0.15) is 0 Å². The van der Waals surface area contributed by atoms with E-state index in [-0.39, 0.29) is 18.4 Å². The maximum absolute atomic E-state index is 12.0. The number of morpholine rings is 1. The monoisotopic (exact) mass is 367 g/mol. The normalized spacial score (nSPS) is 14.5. The first kappa shape index (κ1) is 19.1. The summed E-state index contributed by atoms with van der Waals surface area (Å²) in [6.07, 6.45) is 0.974. The lowest BCUT2D eigenvalue weighted by Crippen LogP contribution is -2.37. The van der Waals surface area contributed by atoms with Gasteiger partial charge in [0.25, 0.3) is 5.91 Å². The second kappa shape index (κ2) is 9.85. The quantitative estimate of drug-likeness (QED) is 0.785. The molecule has 1 heterocycles. The molecule has 0 unspecified atom stereocenters. The summed E-state index contributed by atoms with van der Waals surface area (Å²) in [7, 11) is 0. The van der Waals surface area contributed by atoms with Crippen LogP contribution in [0.5, 0.6) is 0 Å². The van der Waals surface area contributed by atoms with Crippen molar-refractivity contribution in [2.75, 3.05) is 44.7 Å². The number of nitrogens with zero attached hydrogens (tertiary/aromatic N) is 1. The molecule has 1 aliphatic heterocycles. The second-order valence-electron chi connectivity index (χ2n) is 6.50. The Morgan fingerprint density at radius 1 is 0.963 bits per heavy atom. The predicted molar refractivity (Wildman–Crippen MR) is 105 cm³/mol. The molecule has 0 atom stereocenters. The Balaban J connectivity index is 1.40. The molecule has 2 aromatic carbocycles. The Bertz CT molecular complexity index is 741. The minimum absolute atomic E-state index is 0.0630. The van der Waals surface area contributed by atoms with E-state index in [1.54, 1.807) is 24.3 Å². The van der Waals surface area contributed by atoms with E-state index in [9.17, 15) is 9.59 Å². The SMILES string of the molecule is O=C(CNC(=O)c1ccccc1)Nc1ccc(CCN2CCOCC2)cc1. The van der Waals surface area contributed by atoms with Crippen LogP contribution in [0, 0.1) is 0 Å². The van der Waals surface area contributed by atoms with Crippen molar-refractivity contribution in [2.24, 2.45) is 0 Å². The van der Waals surface area contributed by atoms with E-state index in [1.807, 2.05) is 30.3 Å². The molecule has 0 bridgehead atoms. The molecule has 0 radical (unpaired) electrons. The van der Waals surface area contributed by atoms with Gasteiger partial charge in [0.15, 0.2) is 0 Å². The molecule has 27 heavy (non-hydrogen) atoms. The number of benzene rings is 2. The van der Waals surface area contributed by atoms with Crippen molar-refractivity contribution in [3.63, 3.8) is 0 Å². The van der Waals surface area contributed by atoms with E-state index < -0.39 is 0 Å². The van der Waals surface area contributed by atoms with Gasteiger partial charge < -0.3 is 15.4 Å². The van der Waals surface area contributed by atoms with E-state index >= 15 is 0 Å². The highest BCUT2D eigenvalue weighted by Crippen LogP contribution is 2.11. The largest absolute Gasteiger partial charge is 0.379 e. The molecule has 0 saturated carbocycles. The molecule has 3 rings (SSSR count). The predicted octanol–water partition coefficient (Wildman–Crippen LogP) is 1.93. The van der Waals surface area contributed by atoms with Gasteiger partial charge in [-0.15, -0.1) is 0 Å². The maximum Gasteiger partial charge on any atom is 0.251 e. The summed E-state index contributed by atoms with van der Waals surface area (Å²) in [4.78, 5) is 26.4. The third-order valence-electron chi connectivity index (χ3n) is 4.50. The molecule has 6 heteroatoms. The first-order chi connectivity index (χ1) is 13.2. The third-order valence-corrected chi connectivity index (χ3v) is 4.50. The van der Waals surface area contributed by atoms with Gasteiger partial charge in [0, 0.05) is 30.9 Å². The number of anilines is 1. The number of rotatable bonds is 7. The Kier molecular flexibility index (Phi) is 6.96. The summed E-state index contributed by atoms with van der Waals surface area (Å²) in [5, 5.41) is 5.42. The average molecular weight is 367 g/mol. The van der Waals surface area contributed by atoms with Gasteiger partial charge in [-0.3, -0.25) is 14.5 Å². The maximum atomic E-state index is 12.0. The molecule has 1 saturated heterocycles. The number of hydrogen-bond acceptors (Lipinski definition) is 4. The molecular weight excluding hydrogens is 342 g/mol. The molecular formula is C21H25N3O3. The molecule has 1 aliphatic rings. The number of amides is 2. The fraction of sp³-hybridized carbons (Fsp3) is 0.333. The average Bonchev–Trinajstić information content (AvgIpc) is 2.73. The zero-order chi connectivity index (χ0) is 18.9. The summed E-state index contributed by atoms with van der Waals surface area (Å²) >= 11 is 0. The zero-order valence-electron chi connectivity index (χ0n) is 15.3. The number of nitrogens with one attached hydrogen (secondary N) is 2. The molecule has 2 N–H and O–H groups in total. The van der Waals surface area contributed by atoms with Gasteiger partial charge in [0.2, 0.25) is 5.91 Å². The topological polar surface area (TPSA) is 70.7 Å². The standard InChI is InChI=1S/C21H25N3O3/c25-20(16-22-21(26)18-4-2-1-3-5-18)23-19-8-6-17(7-9-19)10-11-24-12-14-27-15-13-24/h1-9H,10-16H2,(H,22,26)(H,23,25). The van der Waals surface area contributed by atoms with Crippen LogP contribution in [0.4, 0.5) is 5.69 Å². The zero-order valence-corrected chi connectivity index (χ0v) is 15.3. The molecule has 0 aliphatic carbocycles. The Hall–Kier alpha value is -2.70. The van der Waals surface area contributed by atoms with Gasteiger partial charge in [-0.05, 0) is 36.2 Å². The van der Waals surface area contributed by atoms with Crippen molar-refractivity contribution in [3.8, 4) is 0 Å². The van der Waals surface area contributed by atoms with E-state index in [2.05, 4.69) is 15.5 Å². The molecule has 142 valence electrons. The smallest absolute Gasteiger partial charge is 0.251 e. The minimum atomic E-state index is -0.260. The molecule has 0 aromatic heterocycles. The van der Waals surface area contributed by atoms with Gasteiger partial charge in [-0.25, -0.2) is 0 Å². The molecule has 0 spiro atoms. The first-order valence-electron chi connectivity index (χ1n) is 9.23. The van der Waals surface area contributed by atoms with Gasteiger partial charge >= 0.3 is 0 Å². The van der Waals surface area contributed by atoms with Gasteiger partial charge in [-0.1, -0.05) is 30.3 Å². The van der Waals surface area contributed by atoms with Crippen molar-refractivity contribution in [1.82, 2.24) is 10.2 Å². The summed E-state index contributed by atoms with van der Waals surface area (Å²) in [6.45, 7) is 4.55. The van der Waals surface area contributed by atoms with Crippen LogP contribution in [-0.2, 0) is 16.0 Å². The fourth-order valence-electron chi connectivity index (χ4n) is 2.92. The lowest BCUT2D eigenvalue weighted by atomic mass is 10.1. The van der Waals surface area contributed by atoms with Crippen LogP contribution in [0.1, 0.15) is 15.9 Å². The molecule has 6 nitrogen and oxygen atoms in total. The Labute approximate surface area is 159 Å². The van der Waals surface area contributed by atoms with Crippen LogP contribution in [0.25, 0.3) is 0 Å². The van der Waals surface area contributed by atoms with Crippen molar-refractivity contribution in [2.45, 2.75) is 6.42 Å². The molecule has 1 fully saturated rings. The van der Waals surface area contributed by atoms with E-state index in [1.165, 1.54) is 5.56 Å². The van der Waals surface area contributed by atoms with E-state index in [0.717, 1.165) is 45.0 Å². The number of carbonyl (C=O) groups is 2. The van der Waals surface area contributed by atoms with Crippen molar-refractivity contribution in [1.29, 1.82) is 0 Å². The molecule has 2 aromatic rings. The van der Waals surface area contributed by atoms with Crippen LogP contribution >= 0.6 is 0 Å². The van der Waals surface area contributed by atoms with Crippen LogP contribution < -0.4 is 10.6 Å². The van der Waals surface area contributed by atoms with Crippen LogP contribution in [-0.4, -0.2) is 56.1 Å². The first-order valence-corrected chi connectivity index (χ1v) is 9.23. The summed E-state index contributed by atoms with van der Waals surface area (Å²) in [5.41, 5.74) is 2.50. The Morgan fingerprint density at radius 2 is 1.67 bits per heavy atom. The fourth-order valence-corrected chi connectivity index (χ4v) is 2.92. The lowest BCUT2D eigenvalue weighted by Gasteiger charge is -2.26. The lowest BCUT2D eigenvalue weighted by molar-refractivity contribution is -0.115. The summed E-state index contributed by atoms with van der Waals surface area (Å²) in [6, 6.07) is 16.7. The summed E-state index contributed by atoms with van der Waals surface area (Å²) < 4.78 is 5.36.